The second kappa shape index (κ2) is 14.9. The van der Waals surface area contributed by atoms with Crippen LogP contribution in [0.25, 0.3) is 22.1 Å². The van der Waals surface area contributed by atoms with Gasteiger partial charge in [-0.05, 0) is 82.8 Å². The first kappa shape index (κ1) is 36.7. The lowest BCUT2D eigenvalue weighted by Crippen LogP contribution is -2.40. The minimum Gasteiger partial charge on any atom is -0.390 e. The van der Waals surface area contributed by atoms with Crippen LogP contribution in [0.2, 0.25) is 25.7 Å². The molecule has 0 radical (unpaired) electrons. The van der Waals surface area contributed by atoms with Gasteiger partial charge in [0.25, 0.3) is 0 Å². The van der Waals surface area contributed by atoms with Crippen LogP contribution in [0.4, 0.5) is 19.0 Å². The van der Waals surface area contributed by atoms with Gasteiger partial charge in [-0.15, -0.1) is 0 Å². The molecule has 2 aliphatic rings. The Morgan fingerprint density at radius 3 is 2.56 bits per heavy atom. The number of ether oxygens (including phenoxy) is 1. The fourth-order valence-corrected chi connectivity index (χ4v) is 7.77. The normalized spacial score (nSPS) is 21.8. The third kappa shape index (κ3) is 8.52. The minimum atomic E-state index is -4.44. The Kier molecular flexibility index (Phi) is 10.9. The largest absolute Gasteiger partial charge is 0.416 e. The zero-order chi connectivity index (χ0) is 35.8. The monoisotopic (exact) mass is 715 g/mol. The molecule has 0 spiro atoms. The molecule has 3 heterocycles. The van der Waals surface area contributed by atoms with Gasteiger partial charge in [-0.25, -0.2) is 15.0 Å². The van der Waals surface area contributed by atoms with E-state index in [1.807, 2.05) is 16.8 Å². The molecule has 10 nitrogen and oxygen atoms in total. The van der Waals surface area contributed by atoms with Crippen molar-refractivity contribution in [1.29, 1.82) is 0 Å². The van der Waals surface area contributed by atoms with Gasteiger partial charge >= 0.3 is 6.18 Å². The zero-order valence-corrected chi connectivity index (χ0v) is 30.8. The topological polar surface area (TPSA) is 113 Å². The maximum Gasteiger partial charge on any atom is 0.416 e. The molecule has 3 aromatic heterocycles. The summed E-state index contributed by atoms with van der Waals surface area (Å²) in [5.41, 5.74) is 1.03. The molecule has 1 aromatic carbocycles. The summed E-state index contributed by atoms with van der Waals surface area (Å²) >= 11 is 0. The summed E-state index contributed by atoms with van der Waals surface area (Å²) in [7, 11) is -1.32. The molecule has 0 aliphatic heterocycles. The first-order valence-corrected chi connectivity index (χ1v) is 21.7. The summed E-state index contributed by atoms with van der Waals surface area (Å²) in [4.78, 5) is 16.0. The number of aromatic nitrogens is 5. The highest BCUT2D eigenvalue weighted by atomic mass is 28.3. The van der Waals surface area contributed by atoms with Gasteiger partial charge in [0.2, 0.25) is 0 Å². The number of nitrogens with one attached hydrogen (secondary N) is 1. The van der Waals surface area contributed by atoms with Crippen molar-refractivity contribution in [3.05, 3.63) is 48.2 Å². The number of anilines is 1. The van der Waals surface area contributed by atoms with Crippen molar-refractivity contribution in [2.24, 2.45) is 5.92 Å². The average Bonchev–Trinajstić information content (AvgIpc) is 3.55. The number of hydrogen-bond acceptors (Lipinski definition) is 8. The zero-order valence-electron chi connectivity index (χ0n) is 29.8. The van der Waals surface area contributed by atoms with E-state index in [1.54, 1.807) is 10.9 Å². The van der Waals surface area contributed by atoms with E-state index < -0.39 is 32.0 Å². The summed E-state index contributed by atoms with van der Waals surface area (Å²) in [6.45, 7) is 13.2. The first-order chi connectivity index (χ1) is 23.7. The number of aryl methyl sites for hydroxylation is 1. The number of aliphatic hydroxyl groups excluding tert-OH is 2. The van der Waals surface area contributed by atoms with E-state index in [0.29, 0.717) is 43.1 Å². The highest BCUT2D eigenvalue weighted by molar-refractivity contribution is 6.76. The molecular formula is C36H52F3N7O3Si. The van der Waals surface area contributed by atoms with Gasteiger partial charge in [-0.2, -0.15) is 13.2 Å². The second-order valence-corrected chi connectivity index (χ2v) is 21.3. The molecule has 2 fully saturated rings. The van der Waals surface area contributed by atoms with Crippen molar-refractivity contribution in [2.75, 3.05) is 25.0 Å². The summed E-state index contributed by atoms with van der Waals surface area (Å²) in [6.07, 6.45) is 2.39. The number of nitrogens with zero attached hydrogens (tertiary/aromatic N) is 6. The Bertz CT molecular complexity index is 1750. The summed E-state index contributed by atoms with van der Waals surface area (Å²) in [5.74, 6) is 1.41. The van der Waals surface area contributed by atoms with Gasteiger partial charge in [-0.3, -0.25) is 0 Å². The van der Waals surface area contributed by atoms with Crippen LogP contribution in [-0.4, -0.2) is 91.3 Å². The first-order valence-electron chi connectivity index (χ1n) is 18.0. The Hall–Kier alpha value is -3.04. The van der Waals surface area contributed by atoms with Gasteiger partial charge < -0.3 is 34.3 Å². The molecule has 6 rings (SSSR count). The predicted molar refractivity (Wildman–Crippen MR) is 192 cm³/mol. The van der Waals surface area contributed by atoms with Crippen LogP contribution in [-0.2, 0) is 24.1 Å². The number of aliphatic hydroxyl groups is 2. The lowest BCUT2D eigenvalue weighted by atomic mass is 10.0. The lowest BCUT2D eigenvalue weighted by molar-refractivity contribution is -0.137. The molecule has 2 saturated carbocycles. The third-order valence-corrected chi connectivity index (χ3v) is 11.9. The van der Waals surface area contributed by atoms with Crippen LogP contribution in [0.15, 0.2) is 36.8 Å². The van der Waals surface area contributed by atoms with Gasteiger partial charge in [0.15, 0.2) is 0 Å². The molecule has 0 unspecified atom stereocenters. The number of unbranched alkanes of at least 4 members (excludes halogenated alkanes) is 1. The van der Waals surface area contributed by atoms with Gasteiger partial charge in [-0.1, -0.05) is 19.6 Å². The van der Waals surface area contributed by atoms with Gasteiger partial charge in [0.1, 0.15) is 36.5 Å². The summed E-state index contributed by atoms with van der Waals surface area (Å²) in [6, 6.07) is 7.04. The molecular weight excluding hydrogens is 664 g/mol. The van der Waals surface area contributed by atoms with Crippen molar-refractivity contribution in [3.8, 4) is 0 Å². The van der Waals surface area contributed by atoms with Crippen LogP contribution in [0.3, 0.4) is 0 Å². The van der Waals surface area contributed by atoms with Crippen LogP contribution < -0.4 is 5.32 Å². The highest BCUT2D eigenvalue weighted by Crippen LogP contribution is 2.39. The second-order valence-electron chi connectivity index (χ2n) is 15.7. The maximum atomic E-state index is 13.6. The maximum absolute atomic E-state index is 13.6. The van der Waals surface area contributed by atoms with Crippen molar-refractivity contribution < 1.29 is 28.1 Å². The van der Waals surface area contributed by atoms with Crippen LogP contribution in [0.5, 0.6) is 0 Å². The molecule has 3 N–H and O–H groups in total. The molecule has 50 heavy (non-hydrogen) atoms. The van der Waals surface area contributed by atoms with E-state index >= 15 is 0 Å². The van der Waals surface area contributed by atoms with E-state index in [4.69, 9.17) is 9.72 Å². The fourth-order valence-electron chi connectivity index (χ4n) is 7.01. The number of imidazole rings is 1. The van der Waals surface area contributed by atoms with E-state index in [1.165, 1.54) is 12.1 Å². The molecule has 0 saturated heterocycles. The summed E-state index contributed by atoms with van der Waals surface area (Å²) < 4.78 is 50.5. The number of halogens is 3. The third-order valence-electron chi connectivity index (χ3n) is 10.2. The quantitative estimate of drug-likeness (QED) is 0.0868. The van der Waals surface area contributed by atoms with Crippen molar-refractivity contribution >= 4 is 36.0 Å². The molecule has 14 heteroatoms. The van der Waals surface area contributed by atoms with E-state index in [2.05, 4.69) is 53.7 Å². The molecule has 2 aliphatic carbocycles. The molecule has 4 aromatic rings. The number of benzene rings is 1. The van der Waals surface area contributed by atoms with Crippen LogP contribution in [0, 0.1) is 5.92 Å². The highest BCUT2D eigenvalue weighted by Gasteiger charge is 2.43. The number of fused-ring (bicyclic) bond motifs is 2. The summed E-state index contributed by atoms with van der Waals surface area (Å²) in [5, 5.41) is 26.8. The lowest BCUT2D eigenvalue weighted by Gasteiger charge is -2.30. The number of hydrogen-bond donors (Lipinski definition) is 3. The van der Waals surface area contributed by atoms with Crippen LogP contribution in [0.1, 0.15) is 63.4 Å². The number of rotatable bonds is 16. The van der Waals surface area contributed by atoms with Crippen molar-refractivity contribution in [1.82, 2.24) is 29.0 Å². The Labute approximate surface area is 293 Å². The van der Waals surface area contributed by atoms with E-state index in [0.717, 1.165) is 67.0 Å². The Morgan fingerprint density at radius 1 is 1.08 bits per heavy atom. The fraction of sp³-hybridized carbons (Fsp3) is 0.639. The minimum absolute atomic E-state index is 0.124. The van der Waals surface area contributed by atoms with Crippen LogP contribution >= 0.6 is 0 Å². The molecule has 274 valence electrons. The molecule has 0 amide bonds. The van der Waals surface area contributed by atoms with E-state index in [-0.39, 0.29) is 24.7 Å². The number of alkyl halides is 3. The Morgan fingerprint density at radius 2 is 1.86 bits per heavy atom. The van der Waals surface area contributed by atoms with Gasteiger partial charge in [0, 0.05) is 51.8 Å². The predicted octanol–water partition coefficient (Wildman–Crippen LogP) is 6.70. The SMILES string of the molecule is CC(C)N(CCCCc1nc2ccc(C(F)(F)F)cc2n1COCC[Si](C)(C)C)C[C@H]1C[C@@H](n2ccc3c(NC4CC4)ncnc32)[C@H](O)[C@@H]1O. The smallest absolute Gasteiger partial charge is 0.390 e. The molecule has 0 bridgehead atoms. The average molecular weight is 716 g/mol. The standard InChI is InChI=1S/C36H52F3N7O3Si/c1-23(2)44(20-24-18-30(33(48)32(24)47)45-15-13-27-34(42-26-10-11-26)40-21-41-35(27)45)14-7-6-8-31-43-28-12-9-25(36(37,38)39)19-29(28)46(31)22-49-16-17-50(3,4)5/h9,12-13,15,19,21,23-24,26,30,32-33,47-48H,6-8,10-11,14,16-18,20,22H2,1-5H3,(H,40,41,42)/t24-,30-,32-,33+/m1/s1. The van der Waals surface area contributed by atoms with Crippen molar-refractivity contribution in [3.63, 3.8) is 0 Å². The van der Waals surface area contributed by atoms with Gasteiger partial charge in [0.05, 0.1) is 34.1 Å². The Balaban J connectivity index is 1.09. The van der Waals surface area contributed by atoms with Crippen molar-refractivity contribution in [2.45, 2.75) is 121 Å². The molecule has 4 atom stereocenters. The van der Waals surface area contributed by atoms with E-state index in [9.17, 15) is 23.4 Å².